The zero-order chi connectivity index (χ0) is 32.5. The summed E-state index contributed by atoms with van der Waals surface area (Å²) in [6, 6.07) is 9.02. The Kier molecular flexibility index (Phi) is 7.34. The van der Waals surface area contributed by atoms with E-state index in [9.17, 15) is 39.6 Å². The van der Waals surface area contributed by atoms with E-state index in [-0.39, 0.29) is 35.6 Å². The molecule has 1 aliphatic heterocycles. The minimum atomic E-state index is -2.70. The first-order valence-electron chi connectivity index (χ1n) is 14.8. The Morgan fingerprint density at radius 3 is 2.36 bits per heavy atom. The Bertz CT molecular complexity index is 1720. The van der Waals surface area contributed by atoms with Crippen LogP contribution < -0.4 is 5.73 Å². The fraction of sp³-hybridized carbons (Fsp3) is 0.394. The van der Waals surface area contributed by atoms with E-state index in [1.54, 1.807) is 43.3 Å². The van der Waals surface area contributed by atoms with Gasteiger partial charge in [0.15, 0.2) is 11.4 Å². The predicted molar refractivity (Wildman–Crippen MR) is 163 cm³/mol. The average molecular weight is 617 g/mol. The van der Waals surface area contributed by atoms with Crippen LogP contribution in [-0.2, 0) is 20.8 Å². The lowest BCUT2D eigenvalue weighted by Crippen LogP contribution is -2.65. The van der Waals surface area contributed by atoms with Gasteiger partial charge in [-0.15, -0.1) is 0 Å². The number of likely N-dealkylation sites (N-methyl/N-ethyl adjacent to an activating group) is 2. The molecule has 4 atom stereocenters. The van der Waals surface area contributed by atoms with Gasteiger partial charge in [-0.05, 0) is 74.8 Å². The van der Waals surface area contributed by atoms with Gasteiger partial charge in [0, 0.05) is 43.2 Å². The maximum absolute atomic E-state index is 14.1. The van der Waals surface area contributed by atoms with Crippen molar-refractivity contribution in [1.82, 2.24) is 14.7 Å². The SMILES string of the molecule is CN1CCN(C(=O)c2cccc(-c3ccc(O)c4c3C[C@H]3C[C@H]5[C@H](N(C)C)C(=O)C(C(N)=O)=C(O)[C@@]5(O)C(=O)C3=C4O)c2)CC1. The van der Waals surface area contributed by atoms with Gasteiger partial charge in [-0.3, -0.25) is 24.1 Å². The highest BCUT2D eigenvalue weighted by atomic mass is 16.3. The van der Waals surface area contributed by atoms with Crippen molar-refractivity contribution < 1.29 is 39.6 Å². The number of carbonyl (C=O) groups is 4. The molecule has 2 aromatic rings. The Morgan fingerprint density at radius 1 is 1.02 bits per heavy atom. The fourth-order valence-corrected chi connectivity index (χ4v) is 7.53. The zero-order valence-corrected chi connectivity index (χ0v) is 25.3. The van der Waals surface area contributed by atoms with Crippen LogP contribution >= 0.6 is 0 Å². The van der Waals surface area contributed by atoms with E-state index in [4.69, 9.17) is 5.73 Å². The van der Waals surface area contributed by atoms with E-state index < -0.39 is 58.0 Å². The quantitative estimate of drug-likeness (QED) is 0.311. The maximum atomic E-state index is 14.1. The summed E-state index contributed by atoms with van der Waals surface area (Å²) in [5.41, 5.74) is 3.96. The van der Waals surface area contributed by atoms with Gasteiger partial charge >= 0.3 is 0 Å². The number of phenols is 1. The highest BCUT2D eigenvalue weighted by Gasteiger charge is 2.64. The van der Waals surface area contributed by atoms with E-state index in [0.717, 1.165) is 13.1 Å². The van der Waals surface area contributed by atoms with Crippen molar-refractivity contribution in [3.8, 4) is 16.9 Å². The summed E-state index contributed by atoms with van der Waals surface area (Å²) in [6.07, 6.45) is 0.137. The summed E-state index contributed by atoms with van der Waals surface area (Å²) in [7, 11) is 5.12. The minimum absolute atomic E-state index is 0.000383. The number of fused-ring (bicyclic) bond motifs is 3. The molecular formula is C33H36N4O8. The molecule has 1 saturated heterocycles. The summed E-state index contributed by atoms with van der Waals surface area (Å²) in [6.45, 7) is 2.78. The van der Waals surface area contributed by atoms with Crippen LogP contribution in [0.3, 0.4) is 0 Å². The van der Waals surface area contributed by atoms with Gasteiger partial charge in [-0.2, -0.15) is 0 Å². The molecule has 0 bridgehead atoms. The van der Waals surface area contributed by atoms with Crippen LogP contribution in [0.1, 0.15) is 27.9 Å². The summed E-state index contributed by atoms with van der Waals surface area (Å²) >= 11 is 0. The van der Waals surface area contributed by atoms with Crippen molar-refractivity contribution >= 4 is 29.1 Å². The summed E-state index contributed by atoms with van der Waals surface area (Å²) in [5, 5.41) is 45.3. The van der Waals surface area contributed by atoms with Crippen LogP contribution in [0, 0.1) is 11.8 Å². The zero-order valence-electron chi connectivity index (χ0n) is 25.3. The number of nitrogens with two attached hydrogens (primary N) is 1. The lowest BCUT2D eigenvalue weighted by atomic mass is 9.57. The minimum Gasteiger partial charge on any atom is -0.508 e. The number of aliphatic hydroxyl groups excluding tert-OH is 2. The molecule has 12 heteroatoms. The molecule has 2 amide bonds. The van der Waals surface area contributed by atoms with E-state index in [1.165, 1.54) is 11.0 Å². The number of nitrogens with zero attached hydrogens (tertiary/aromatic N) is 3. The molecule has 0 radical (unpaired) electrons. The molecule has 2 fully saturated rings. The van der Waals surface area contributed by atoms with Crippen LogP contribution in [-0.4, -0.2) is 117 Å². The first kappa shape index (κ1) is 30.5. The standard InChI is InChI=1S/C33H36N4O8/c1-35(2)26-21-15-18-14-20-19(16-5-4-6-17(13-16)32(44)37-11-9-36(3)10-12-37)7-8-22(38)24(20)27(39)23(18)29(41)33(21,45)30(42)25(28(26)40)31(34)43/h4-8,13,18,21,26,38-39,42,45H,9-12,14-15H2,1-3H3,(H2,34,43)/t18-,21-,26-,33-/m0/s1. The van der Waals surface area contributed by atoms with Crippen LogP contribution in [0.4, 0.5) is 0 Å². The molecule has 3 aliphatic carbocycles. The van der Waals surface area contributed by atoms with Crippen molar-refractivity contribution in [2.75, 3.05) is 47.3 Å². The number of phenolic OH excluding ortho intramolecular Hbond substituents is 1. The number of aromatic hydroxyl groups is 1. The van der Waals surface area contributed by atoms with Crippen molar-refractivity contribution in [3.05, 3.63) is 70.0 Å². The first-order valence-corrected chi connectivity index (χ1v) is 14.8. The number of Topliss-reactive ketones (excluding diaryl/α,β-unsaturated/α-hetero) is 2. The monoisotopic (exact) mass is 616 g/mol. The molecule has 1 heterocycles. The van der Waals surface area contributed by atoms with Gasteiger partial charge in [0.25, 0.3) is 11.8 Å². The van der Waals surface area contributed by atoms with Gasteiger partial charge in [0.1, 0.15) is 22.8 Å². The van der Waals surface area contributed by atoms with Gasteiger partial charge in [-0.25, -0.2) is 0 Å². The van der Waals surface area contributed by atoms with Gasteiger partial charge in [0.05, 0.1) is 11.6 Å². The Labute approximate surface area is 259 Å². The number of carbonyl (C=O) groups excluding carboxylic acids is 4. The Morgan fingerprint density at radius 2 is 1.71 bits per heavy atom. The largest absolute Gasteiger partial charge is 0.508 e. The molecule has 2 aromatic carbocycles. The average Bonchev–Trinajstić information content (AvgIpc) is 2.99. The molecule has 236 valence electrons. The second-order valence-corrected chi connectivity index (χ2v) is 12.6. The Balaban J connectivity index is 1.45. The maximum Gasteiger partial charge on any atom is 0.255 e. The summed E-state index contributed by atoms with van der Waals surface area (Å²) < 4.78 is 0. The van der Waals surface area contributed by atoms with E-state index >= 15 is 0 Å². The van der Waals surface area contributed by atoms with E-state index in [0.29, 0.717) is 35.3 Å². The van der Waals surface area contributed by atoms with E-state index in [2.05, 4.69) is 4.90 Å². The van der Waals surface area contributed by atoms with Crippen LogP contribution in [0.2, 0.25) is 0 Å². The number of ketones is 2. The predicted octanol–water partition coefficient (Wildman–Crippen LogP) is 1.02. The topological polar surface area (TPSA) is 185 Å². The highest BCUT2D eigenvalue weighted by Crippen LogP contribution is 2.53. The van der Waals surface area contributed by atoms with Crippen LogP contribution in [0.5, 0.6) is 5.75 Å². The summed E-state index contributed by atoms with van der Waals surface area (Å²) in [5.74, 6) is -7.10. The lowest BCUT2D eigenvalue weighted by Gasteiger charge is -2.50. The van der Waals surface area contributed by atoms with Crippen molar-refractivity contribution in [2.24, 2.45) is 17.6 Å². The van der Waals surface area contributed by atoms with Crippen LogP contribution in [0.25, 0.3) is 16.9 Å². The number of hydrogen-bond acceptors (Lipinski definition) is 10. The molecule has 0 unspecified atom stereocenters. The van der Waals surface area contributed by atoms with Gasteiger partial charge in [-0.1, -0.05) is 18.2 Å². The first-order chi connectivity index (χ1) is 21.3. The molecule has 45 heavy (non-hydrogen) atoms. The number of benzene rings is 2. The summed E-state index contributed by atoms with van der Waals surface area (Å²) in [4.78, 5) is 58.4. The highest BCUT2D eigenvalue weighted by molar-refractivity contribution is 6.24. The molecular weight excluding hydrogens is 580 g/mol. The molecule has 0 aromatic heterocycles. The molecule has 6 rings (SSSR count). The van der Waals surface area contributed by atoms with E-state index in [1.807, 2.05) is 13.1 Å². The van der Waals surface area contributed by atoms with Crippen molar-refractivity contribution in [1.29, 1.82) is 0 Å². The van der Waals surface area contributed by atoms with Crippen LogP contribution in [0.15, 0.2) is 53.3 Å². The lowest BCUT2D eigenvalue weighted by molar-refractivity contribution is -0.153. The van der Waals surface area contributed by atoms with Gasteiger partial charge < -0.3 is 36.0 Å². The number of hydrogen-bond donors (Lipinski definition) is 5. The number of amides is 2. The smallest absolute Gasteiger partial charge is 0.255 e. The number of primary amides is 1. The fourth-order valence-electron chi connectivity index (χ4n) is 7.53. The normalized spacial score (nSPS) is 27.0. The van der Waals surface area contributed by atoms with Crippen molar-refractivity contribution in [2.45, 2.75) is 24.5 Å². The molecule has 4 aliphatic rings. The second kappa shape index (κ2) is 10.8. The number of piperazine rings is 1. The third kappa shape index (κ3) is 4.54. The molecule has 1 saturated carbocycles. The number of aliphatic hydroxyl groups is 3. The number of rotatable bonds is 4. The molecule has 6 N–H and O–H groups in total. The van der Waals surface area contributed by atoms with Crippen molar-refractivity contribution in [3.63, 3.8) is 0 Å². The second-order valence-electron chi connectivity index (χ2n) is 12.6. The molecule has 12 nitrogen and oxygen atoms in total. The molecule has 0 spiro atoms. The Hall–Kier alpha value is -4.52. The third-order valence-corrected chi connectivity index (χ3v) is 9.82. The third-order valence-electron chi connectivity index (χ3n) is 9.82. The van der Waals surface area contributed by atoms with Gasteiger partial charge in [0.2, 0.25) is 5.78 Å².